The zero-order chi connectivity index (χ0) is 20.8. The van der Waals surface area contributed by atoms with Gasteiger partial charge in [0.05, 0.1) is 0 Å². The second-order valence-corrected chi connectivity index (χ2v) is 7.24. The van der Waals surface area contributed by atoms with Crippen molar-refractivity contribution in [2.45, 2.75) is 12.8 Å². The quantitative estimate of drug-likeness (QED) is 0.311. The molecule has 0 fully saturated rings. The predicted octanol–water partition coefficient (Wildman–Crippen LogP) is 3.82. The van der Waals surface area contributed by atoms with Gasteiger partial charge in [-0.15, -0.1) is 0 Å². The minimum Gasteiger partial charge on any atom is -0.361 e. The van der Waals surface area contributed by atoms with E-state index in [9.17, 15) is 0 Å². The van der Waals surface area contributed by atoms with Gasteiger partial charge in [0.2, 0.25) is 11.7 Å². The van der Waals surface area contributed by atoms with E-state index in [-0.39, 0.29) is 0 Å². The van der Waals surface area contributed by atoms with Crippen LogP contribution in [0.25, 0.3) is 22.3 Å². The molecule has 0 saturated heterocycles. The van der Waals surface area contributed by atoms with Crippen LogP contribution in [0.2, 0.25) is 5.02 Å². The van der Waals surface area contributed by atoms with Crippen LogP contribution in [0.4, 0.5) is 0 Å². The van der Waals surface area contributed by atoms with Gasteiger partial charge in [0.15, 0.2) is 5.96 Å². The summed E-state index contributed by atoms with van der Waals surface area (Å²) in [4.78, 5) is 12.0. The molecule has 0 radical (unpaired) electrons. The molecule has 0 aliphatic rings. The molecule has 0 aliphatic heterocycles. The summed E-state index contributed by atoms with van der Waals surface area (Å²) < 4.78 is 5.34. The second kappa shape index (κ2) is 9.45. The number of benzene rings is 2. The molecule has 0 amide bonds. The lowest BCUT2D eigenvalue weighted by molar-refractivity contribution is 0.378. The third kappa shape index (κ3) is 4.80. The molecule has 7 nitrogen and oxygen atoms in total. The van der Waals surface area contributed by atoms with Crippen LogP contribution in [0.3, 0.4) is 0 Å². The number of hydrogen-bond acceptors (Lipinski definition) is 4. The summed E-state index contributed by atoms with van der Waals surface area (Å²) >= 11 is 6.02. The maximum absolute atomic E-state index is 6.02. The van der Waals surface area contributed by atoms with Gasteiger partial charge in [-0.05, 0) is 30.2 Å². The molecule has 2 aromatic carbocycles. The molecular formula is C22H23ClN6O. The molecule has 154 valence electrons. The van der Waals surface area contributed by atoms with Gasteiger partial charge in [0.1, 0.15) is 0 Å². The van der Waals surface area contributed by atoms with Gasteiger partial charge >= 0.3 is 0 Å². The Morgan fingerprint density at radius 1 is 1.10 bits per heavy atom. The third-order valence-corrected chi connectivity index (χ3v) is 5.00. The Balaban J connectivity index is 1.24. The first-order chi connectivity index (χ1) is 14.7. The molecule has 0 spiro atoms. The second-order valence-electron chi connectivity index (χ2n) is 6.81. The third-order valence-electron chi connectivity index (χ3n) is 4.77. The summed E-state index contributed by atoms with van der Waals surface area (Å²) in [5, 5.41) is 12.5. The number of nitrogens with one attached hydrogen (secondary N) is 3. The lowest BCUT2D eigenvalue weighted by atomic mass is 10.1. The van der Waals surface area contributed by atoms with Crippen molar-refractivity contribution in [1.29, 1.82) is 0 Å². The number of aliphatic imine (C=N–C) groups is 1. The number of aromatic nitrogens is 3. The summed E-state index contributed by atoms with van der Waals surface area (Å²) in [5.74, 6) is 1.84. The summed E-state index contributed by atoms with van der Waals surface area (Å²) in [7, 11) is 1.75. The van der Waals surface area contributed by atoms with Gasteiger partial charge in [0.25, 0.3) is 0 Å². The molecule has 0 aliphatic carbocycles. The highest BCUT2D eigenvalue weighted by atomic mass is 35.5. The number of aromatic amines is 1. The zero-order valence-electron chi connectivity index (χ0n) is 16.7. The van der Waals surface area contributed by atoms with Gasteiger partial charge in [0, 0.05) is 54.2 Å². The van der Waals surface area contributed by atoms with Crippen molar-refractivity contribution in [3.05, 3.63) is 71.2 Å². The van der Waals surface area contributed by atoms with Crippen molar-refractivity contribution in [2.24, 2.45) is 4.99 Å². The van der Waals surface area contributed by atoms with E-state index in [1.807, 2.05) is 30.3 Å². The van der Waals surface area contributed by atoms with Crippen molar-refractivity contribution < 1.29 is 4.52 Å². The van der Waals surface area contributed by atoms with E-state index in [2.05, 4.69) is 55.1 Å². The van der Waals surface area contributed by atoms with Crippen LogP contribution in [0.5, 0.6) is 0 Å². The normalized spacial score (nSPS) is 11.7. The Kier molecular flexibility index (Phi) is 6.29. The molecule has 0 unspecified atom stereocenters. The number of para-hydroxylation sites is 1. The Morgan fingerprint density at radius 3 is 2.77 bits per heavy atom. The summed E-state index contributed by atoms with van der Waals surface area (Å²) in [6.07, 6.45) is 3.56. The van der Waals surface area contributed by atoms with E-state index in [0.29, 0.717) is 29.7 Å². The monoisotopic (exact) mass is 422 g/mol. The first-order valence-electron chi connectivity index (χ1n) is 9.81. The number of fused-ring (bicyclic) bond motifs is 1. The minimum atomic E-state index is 0.536. The van der Waals surface area contributed by atoms with E-state index in [1.165, 1.54) is 10.9 Å². The molecule has 3 N–H and O–H groups in total. The molecule has 4 aromatic rings. The van der Waals surface area contributed by atoms with Crippen LogP contribution in [-0.2, 0) is 12.8 Å². The van der Waals surface area contributed by atoms with Crippen molar-refractivity contribution >= 4 is 28.5 Å². The van der Waals surface area contributed by atoms with Crippen LogP contribution in [-0.4, -0.2) is 41.2 Å². The summed E-state index contributed by atoms with van der Waals surface area (Å²) in [6, 6.07) is 15.7. The molecule has 30 heavy (non-hydrogen) atoms. The average molecular weight is 423 g/mol. The summed E-state index contributed by atoms with van der Waals surface area (Å²) in [5.41, 5.74) is 3.28. The number of rotatable bonds is 7. The van der Waals surface area contributed by atoms with Crippen molar-refractivity contribution in [1.82, 2.24) is 25.8 Å². The zero-order valence-corrected chi connectivity index (χ0v) is 17.4. The first-order valence-corrected chi connectivity index (χ1v) is 10.2. The fourth-order valence-corrected chi connectivity index (χ4v) is 3.45. The maximum Gasteiger partial charge on any atom is 0.228 e. The number of H-pyrrole nitrogens is 1. The Labute approximate surface area is 179 Å². The molecule has 2 heterocycles. The van der Waals surface area contributed by atoms with Crippen LogP contribution in [0, 0.1) is 0 Å². The Hall–Kier alpha value is -3.32. The summed E-state index contributed by atoms with van der Waals surface area (Å²) in [6.45, 7) is 1.41. The molecule has 0 bridgehead atoms. The van der Waals surface area contributed by atoms with E-state index in [1.54, 1.807) is 7.05 Å². The molecular weight excluding hydrogens is 400 g/mol. The predicted molar refractivity (Wildman–Crippen MR) is 120 cm³/mol. The molecule has 8 heteroatoms. The topological polar surface area (TPSA) is 91.1 Å². The van der Waals surface area contributed by atoms with Crippen molar-refractivity contribution in [2.75, 3.05) is 20.1 Å². The SMILES string of the molecule is CN=C(NCCc1nc(-c2cccc(Cl)c2)no1)NCCc1c[nH]c2ccccc12. The molecule has 4 rings (SSSR count). The molecule has 2 aromatic heterocycles. The van der Waals surface area contributed by atoms with Crippen LogP contribution in [0.15, 0.2) is 64.2 Å². The first kappa shape index (κ1) is 20.0. The highest BCUT2D eigenvalue weighted by molar-refractivity contribution is 6.30. The smallest absolute Gasteiger partial charge is 0.228 e. The maximum atomic E-state index is 6.02. The highest BCUT2D eigenvalue weighted by Crippen LogP contribution is 2.20. The van der Waals surface area contributed by atoms with E-state index < -0.39 is 0 Å². The van der Waals surface area contributed by atoms with Crippen LogP contribution < -0.4 is 10.6 Å². The van der Waals surface area contributed by atoms with Gasteiger partial charge in [-0.25, -0.2) is 0 Å². The number of hydrogen-bond donors (Lipinski definition) is 3. The lowest BCUT2D eigenvalue weighted by Gasteiger charge is -2.10. The van der Waals surface area contributed by atoms with Crippen molar-refractivity contribution in [3.8, 4) is 11.4 Å². The number of nitrogens with zero attached hydrogens (tertiary/aromatic N) is 3. The van der Waals surface area contributed by atoms with Gasteiger partial charge < -0.3 is 20.1 Å². The Bertz CT molecular complexity index is 1150. The van der Waals surface area contributed by atoms with Crippen LogP contribution >= 0.6 is 11.6 Å². The van der Waals surface area contributed by atoms with Crippen molar-refractivity contribution in [3.63, 3.8) is 0 Å². The standard InChI is InChI=1S/C22H23ClN6O/c1-24-22(25-11-9-16-14-27-19-8-3-2-7-18(16)19)26-12-10-20-28-21(29-30-20)15-5-4-6-17(23)13-15/h2-8,13-14,27H,9-12H2,1H3,(H2,24,25,26). The fourth-order valence-electron chi connectivity index (χ4n) is 3.26. The van der Waals surface area contributed by atoms with Gasteiger partial charge in [-0.3, -0.25) is 4.99 Å². The average Bonchev–Trinajstić information content (AvgIpc) is 3.40. The highest BCUT2D eigenvalue weighted by Gasteiger charge is 2.09. The Morgan fingerprint density at radius 2 is 1.93 bits per heavy atom. The van der Waals surface area contributed by atoms with E-state index >= 15 is 0 Å². The minimum absolute atomic E-state index is 0.536. The van der Waals surface area contributed by atoms with Gasteiger partial charge in [-0.1, -0.05) is 47.1 Å². The molecule has 0 atom stereocenters. The van der Waals surface area contributed by atoms with E-state index in [0.717, 1.165) is 30.0 Å². The van der Waals surface area contributed by atoms with E-state index in [4.69, 9.17) is 16.1 Å². The number of halogens is 1. The largest absolute Gasteiger partial charge is 0.361 e. The lowest BCUT2D eigenvalue weighted by Crippen LogP contribution is -2.39. The van der Waals surface area contributed by atoms with Gasteiger partial charge in [-0.2, -0.15) is 4.98 Å². The van der Waals surface area contributed by atoms with Crippen LogP contribution in [0.1, 0.15) is 11.5 Å². The molecule has 0 saturated carbocycles. The number of guanidine groups is 1. The fraction of sp³-hybridized carbons (Fsp3) is 0.227.